The summed E-state index contributed by atoms with van der Waals surface area (Å²) < 4.78 is 40.5. The van der Waals surface area contributed by atoms with Gasteiger partial charge in [-0.05, 0) is 43.5 Å². The Balaban J connectivity index is 1.92. The number of para-hydroxylation sites is 1. The lowest BCUT2D eigenvalue weighted by Crippen LogP contribution is -2.39. The van der Waals surface area contributed by atoms with Gasteiger partial charge in [0.2, 0.25) is 5.91 Å². The third kappa shape index (κ3) is 4.59. The highest BCUT2D eigenvalue weighted by Gasteiger charge is 2.24. The van der Waals surface area contributed by atoms with Gasteiger partial charge in [0, 0.05) is 17.6 Å². The first-order valence-corrected chi connectivity index (χ1v) is 10.4. The summed E-state index contributed by atoms with van der Waals surface area (Å²) >= 11 is 0. The highest BCUT2D eigenvalue weighted by Crippen LogP contribution is 2.25. The number of anilines is 1. The van der Waals surface area contributed by atoms with Crippen LogP contribution in [-0.4, -0.2) is 34.8 Å². The lowest BCUT2D eigenvalue weighted by molar-refractivity contribution is -0.116. The van der Waals surface area contributed by atoms with Gasteiger partial charge in [0.25, 0.3) is 5.91 Å². The number of benzene rings is 2. The molecule has 8 heteroatoms. The second-order valence-corrected chi connectivity index (χ2v) is 7.43. The zero-order valence-electron chi connectivity index (χ0n) is 18.1. The first-order chi connectivity index (χ1) is 15.3. The zero-order chi connectivity index (χ0) is 23.4. The molecule has 0 fully saturated rings. The van der Waals surface area contributed by atoms with Crippen molar-refractivity contribution in [2.24, 2.45) is 0 Å². The van der Waals surface area contributed by atoms with Crippen LogP contribution in [0.3, 0.4) is 0 Å². The summed E-state index contributed by atoms with van der Waals surface area (Å²) in [6, 6.07) is 8.95. The number of nitrogens with one attached hydrogen (secondary N) is 1. The van der Waals surface area contributed by atoms with E-state index in [0.29, 0.717) is 29.3 Å². The molecule has 0 saturated carbocycles. The van der Waals surface area contributed by atoms with Crippen molar-refractivity contribution in [3.05, 3.63) is 70.7 Å². The number of amides is 2. The van der Waals surface area contributed by atoms with Gasteiger partial charge >= 0.3 is 0 Å². The van der Waals surface area contributed by atoms with Gasteiger partial charge in [-0.25, -0.2) is 13.2 Å². The van der Waals surface area contributed by atoms with Gasteiger partial charge in [0.05, 0.1) is 16.8 Å². The highest BCUT2D eigenvalue weighted by atomic mass is 19.2. The van der Waals surface area contributed by atoms with Crippen LogP contribution in [0.15, 0.2) is 36.4 Å². The first-order valence-electron chi connectivity index (χ1n) is 10.4. The molecule has 3 rings (SSSR count). The van der Waals surface area contributed by atoms with Crippen molar-refractivity contribution >= 4 is 28.4 Å². The molecular weight excluding hydrogens is 419 g/mol. The number of carbonyl (C=O) groups is 2. The molecule has 0 aliphatic carbocycles. The Labute approximate surface area is 184 Å². The van der Waals surface area contributed by atoms with Crippen LogP contribution in [-0.2, 0) is 11.2 Å². The molecule has 0 spiro atoms. The molecule has 1 aromatic heterocycles. The van der Waals surface area contributed by atoms with E-state index in [0.717, 1.165) is 23.4 Å². The van der Waals surface area contributed by atoms with Crippen LogP contribution >= 0.6 is 0 Å². The van der Waals surface area contributed by atoms with E-state index >= 15 is 0 Å². The summed E-state index contributed by atoms with van der Waals surface area (Å²) in [4.78, 5) is 32.1. The predicted molar refractivity (Wildman–Crippen MR) is 117 cm³/mol. The average molecular weight is 443 g/mol. The quantitative estimate of drug-likeness (QED) is 0.522. The predicted octanol–water partition coefficient (Wildman–Crippen LogP) is 5.01. The minimum Gasteiger partial charge on any atom is -0.329 e. The molecular formula is C24H24F3N3O2. The molecule has 32 heavy (non-hydrogen) atoms. The van der Waals surface area contributed by atoms with E-state index in [1.54, 1.807) is 0 Å². The third-order valence-electron chi connectivity index (χ3n) is 5.21. The van der Waals surface area contributed by atoms with Gasteiger partial charge in [-0.1, -0.05) is 32.0 Å². The van der Waals surface area contributed by atoms with Gasteiger partial charge in [-0.3, -0.25) is 14.6 Å². The minimum absolute atomic E-state index is 0.282. The van der Waals surface area contributed by atoms with Crippen molar-refractivity contribution in [3.63, 3.8) is 0 Å². The molecule has 0 aliphatic rings. The standard InChI is InChI=1S/C24H24F3N3O2/c1-4-12-30(13-20(31)29-19-11-10-16(25)22(26)23(19)27)24(32)21-14(3)17(5-2)28-18-9-7-6-8-15(18)21/h6-11H,4-5,12-13H2,1-3H3,(H,29,31). The molecule has 3 aromatic rings. The van der Waals surface area contributed by atoms with Crippen LogP contribution in [0.5, 0.6) is 0 Å². The smallest absolute Gasteiger partial charge is 0.255 e. The van der Waals surface area contributed by atoms with Gasteiger partial charge in [-0.15, -0.1) is 0 Å². The maximum absolute atomic E-state index is 13.9. The summed E-state index contributed by atoms with van der Waals surface area (Å²) in [6.45, 7) is 5.55. The van der Waals surface area contributed by atoms with E-state index in [9.17, 15) is 22.8 Å². The highest BCUT2D eigenvalue weighted by molar-refractivity contribution is 6.09. The lowest BCUT2D eigenvalue weighted by atomic mass is 9.99. The third-order valence-corrected chi connectivity index (χ3v) is 5.21. The molecule has 0 atom stereocenters. The Morgan fingerprint density at radius 3 is 2.44 bits per heavy atom. The summed E-state index contributed by atoms with van der Waals surface area (Å²) in [5, 5.41) is 2.90. The van der Waals surface area contributed by atoms with Crippen LogP contribution in [0, 0.1) is 24.4 Å². The summed E-state index contributed by atoms with van der Waals surface area (Å²) in [6.07, 6.45) is 1.22. The normalized spacial score (nSPS) is 10.9. The summed E-state index contributed by atoms with van der Waals surface area (Å²) in [5.41, 5.74) is 2.19. The van der Waals surface area contributed by atoms with Gasteiger partial charge < -0.3 is 10.2 Å². The van der Waals surface area contributed by atoms with Crippen LogP contribution in [0.1, 0.15) is 41.9 Å². The number of pyridine rings is 1. The van der Waals surface area contributed by atoms with E-state index in [-0.39, 0.29) is 19.0 Å². The molecule has 0 unspecified atom stereocenters. The number of carbonyl (C=O) groups excluding carboxylic acids is 2. The van der Waals surface area contributed by atoms with Crippen molar-refractivity contribution in [2.45, 2.75) is 33.6 Å². The maximum Gasteiger partial charge on any atom is 0.255 e. The van der Waals surface area contributed by atoms with E-state index < -0.39 is 29.0 Å². The van der Waals surface area contributed by atoms with E-state index in [4.69, 9.17) is 0 Å². The van der Waals surface area contributed by atoms with Crippen molar-refractivity contribution in [3.8, 4) is 0 Å². The molecule has 1 heterocycles. The Morgan fingerprint density at radius 2 is 1.75 bits per heavy atom. The maximum atomic E-state index is 13.9. The number of halogens is 3. The minimum atomic E-state index is -1.67. The van der Waals surface area contributed by atoms with Crippen LogP contribution in [0.25, 0.3) is 10.9 Å². The van der Waals surface area contributed by atoms with Crippen molar-refractivity contribution in [1.82, 2.24) is 9.88 Å². The number of aromatic nitrogens is 1. The number of rotatable bonds is 7. The van der Waals surface area contributed by atoms with Crippen LogP contribution in [0.2, 0.25) is 0 Å². The van der Waals surface area contributed by atoms with Gasteiger partial charge in [-0.2, -0.15) is 0 Å². The first kappa shape index (κ1) is 23.2. The fourth-order valence-corrected chi connectivity index (χ4v) is 3.64. The van der Waals surface area contributed by atoms with Gasteiger partial charge in [0.1, 0.15) is 6.54 Å². The fourth-order valence-electron chi connectivity index (χ4n) is 3.64. The second-order valence-electron chi connectivity index (χ2n) is 7.43. The Kier molecular flexibility index (Phi) is 7.12. The van der Waals surface area contributed by atoms with Crippen molar-refractivity contribution < 1.29 is 22.8 Å². The topological polar surface area (TPSA) is 62.3 Å². The molecule has 0 bridgehead atoms. The van der Waals surface area contributed by atoms with E-state index in [2.05, 4.69) is 10.3 Å². The largest absolute Gasteiger partial charge is 0.329 e. The Bertz CT molecular complexity index is 1180. The van der Waals surface area contributed by atoms with Crippen LogP contribution < -0.4 is 5.32 Å². The number of hydrogen-bond donors (Lipinski definition) is 1. The fraction of sp³-hybridized carbons (Fsp3) is 0.292. The average Bonchev–Trinajstić information content (AvgIpc) is 2.78. The molecule has 2 amide bonds. The van der Waals surface area contributed by atoms with Crippen molar-refractivity contribution in [1.29, 1.82) is 0 Å². The van der Waals surface area contributed by atoms with Crippen LogP contribution in [0.4, 0.5) is 18.9 Å². The van der Waals surface area contributed by atoms with E-state index in [1.807, 2.05) is 45.0 Å². The number of fused-ring (bicyclic) bond motifs is 1. The summed E-state index contributed by atoms with van der Waals surface area (Å²) in [5.74, 6) is -5.58. The SMILES string of the molecule is CCCN(CC(=O)Nc1ccc(F)c(F)c1F)C(=O)c1c(C)c(CC)nc2ccccc12. The molecule has 0 radical (unpaired) electrons. The zero-order valence-corrected chi connectivity index (χ0v) is 18.1. The lowest BCUT2D eigenvalue weighted by Gasteiger charge is -2.24. The van der Waals surface area contributed by atoms with Gasteiger partial charge in [0.15, 0.2) is 17.5 Å². The Hall–Kier alpha value is -3.42. The van der Waals surface area contributed by atoms with Crippen molar-refractivity contribution in [2.75, 3.05) is 18.4 Å². The molecule has 1 N–H and O–H groups in total. The monoisotopic (exact) mass is 443 g/mol. The molecule has 2 aromatic carbocycles. The molecule has 0 saturated heterocycles. The molecule has 0 aliphatic heterocycles. The second kappa shape index (κ2) is 9.80. The summed E-state index contributed by atoms with van der Waals surface area (Å²) in [7, 11) is 0. The number of aryl methyl sites for hydroxylation is 1. The number of hydrogen-bond acceptors (Lipinski definition) is 3. The number of nitrogens with zero attached hydrogens (tertiary/aromatic N) is 2. The molecule has 168 valence electrons. The van der Waals surface area contributed by atoms with E-state index in [1.165, 1.54) is 4.90 Å². The Morgan fingerprint density at radius 1 is 1.03 bits per heavy atom. The molecule has 5 nitrogen and oxygen atoms in total.